The monoisotopic (exact) mass is 318 g/mol. The van der Waals surface area contributed by atoms with Gasteiger partial charge in [-0.15, -0.1) is 15.3 Å². The number of hydrogen-bond acceptors (Lipinski definition) is 8. The first kappa shape index (κ1) is 12.0. The van der Waals surface area contributed by atoms with Crippen molar-refractivity contribution in [2.24, 2.45) is 0 Å². The molecule has 17 heavy (non-hydrogen) atoms. The predicted molar refractivity (Wildman–Crippen MR) is 61.1 cm³/mol. The molecule has 0 aliphatic heterocycles. The Morgan fingerprint density at radius 3 is 2.94 bits per heavy atom. The molecule has 0 saturated heterocycles. The maximum Gasteiger partial charge on any atom is 0.327 e. The molecule has 0 saturated carbocycles. The lowest BCUT2D eigenvalue weighted by molar-refractivity contribution is -0.144. The number of aromatic nitrogens is 6. The maximum absolute atomic E-state index is 11.3. The molecule has 2 rings (SSSR count). The van der Waals surface area contributed by atoms with E-state index in [2.05, 4.69) is 41.7 Å². The van der Waals surface area contributed by atoms with Crippen molar-refractivity contribution in [2.75, 3.05) is 6.61 Å². The summed E-state index contributed by atoms with van der Waals surface area (Å²) in [6, 6.07) is 0. The van der Waals surface area contributed by atoms with E-state index in [9.17, 15) is 4.79 Å². The number of ether oxygens (including phenoxy) is 1. The topological polar surface area (TPSA) is 95.7 Å². The van der Waals surface area contributed by atoms with Gasteiger partial charge in [-0.05, 0) is 33.3 Å². The lowest BCUT2D eigenvalue weighted by atomic mass is 10.6. The number of hydrogen-bond donors (Lipinski definition) is 0. The first-order valence-electron chi connectivity index (χ1n) is 4.62. The molecule has 2 heterocycles. The summed E-state index contributed by atoms with van der Waals surface area (Å²) in [5.74, 6) is -0.00844. The van der Waals surface area contributed by atoms with Gasteiger partial charge in [0.1, 0.15) is 6.54 Å². The Kier molecular flexibility index (Phi) is 3.74. The number of carbonyl (C=O) groups excluding carboxylic acids is 1. The summed E-state index contributed by atoms with van der Waals surface area (Å²) in [5, 5.41) is 19.2. The highest BCUT2D eigenvalue weighted by atomic mass is 79.9. The lowest BCUT2D eigenvalue weighted by Gasteiger charge is -2.01. The van der Waals surface area contributed by atoms with Crippen LogP contribution in [0.5, 0.6) is 0 Å². The van der Waals surface area contributed by atoms with E-state index in [1.807, 2.05) is 0 Å². The highest BCUT2D eigenvalue weighted by Crippen LogP contribution is 2.23. The fourth-order valence-electron chi connectivity index (χ4n) is 1.09. The van der Waals surface area contributed by atoms with Crippen molar-refractivity contribution in [2.45, 2.75) is 13.5 Å². The summed E-state index contributed by atoms with van der Waals surface area (Å²) in [6.45, 7) is 2.01. The third-order valence-corrected chi connectivity index (χ3v) is 3.06. The normalized spacial score (nSPS) is 10.5. The summed E-state index contributed by atoms with van der Waals surface area (Å²) in [6.07, 6.45) is 0. The van der Waals surface area contributed by atoms with Crippen LogP contribution in [0.3, 0.4) is 0 Å². The smallest absolute Gasteiger partial charge is 0.327 e. The van der Waals surface area contributed by atoms with Crippen molar-refractivity contribution in [1.29, 1.82) is 0 Å². The van der Waals surface area contributed by atoms with E-state index in [1.165, 1.54) is 16.0 Å². The van der Waals surface area contributed by atoms with Gasteiger partial charge in [-0.2, -0.15) is 0 Å². The zero-order valence-electron chi connectivity index (χ0n) is 8.70. The minimum atomic E-state index is -0.398. The molecule has 0 amide bonds. The second-order valence-corrected chi connectivity index (χ2v) is 5.08. The molecule has 0 spiro atoms. The molecule has 0 unspecified atom stereocenters. The molecule has 0 atom stereocenters. The SMILES string of the molecule is CCOC(=O)Cn1nnnc1-c1nnc(Br)s1. The molecule has 10 heteroatoms. The summed E-state index contributed by atoms with van der Waals surface area (Å²) in [5.41, 5.74) is 0. The molecule has 0 bridgehead atoms. The summed E-state index contributed by atoms with van der Waals surface area (Å²) >= 11 is 4.47. The first-order valence-corrected chi connectivity index (χ1v) is 6.22. The number of nitrogens with zero attached hydrogens (tertiary/aromatic N) is 6. The van der Waals surface area contributed by atoms with Gasteiger partial charge in [-0.25, -0.2) is 4.68 Å². The highest BCUT2D eigenvalue weighted by molar-refractivity contribution is 9.11. The molecule has 0 N–H and O–H groups in total. The Labute approximate surface area is 108 Å². The van der Waals surface area contributed by atoms with Gasteiger partial charge in [-0.1, -0.05) is 11.3 Å². The van der Waals surface area contributed by atoms with Gasteiger partial charge in [0, 0.05) is 0 Å². The van der Waals surface area contributed by atoms with E-state index in [4.69, 9.17) is 4.74 Å². The van der Waals surface area contributed by atoms with E-state index in [0.717, 1.165) is 0 Å². The quantitative estimate of drug-likeness (QED) is 0.758. The second-order valence-electron chi connectivity index (χ2n) is 2.83. The average molecular weight is 319 g/mol. The van der Waals surface area contributed by atoms with Crippen molar-refractivity contribution in [3.8, 4) is 10.8 Å². The Morgan fingerprint density at radius 1 is 1.47 bits per heavy atom. The Bertz CT molecular complexity index is 526. The standard InChI is InChI=1S/C7H7BrN6O2S/c1-2-16-4(15)3-14-5(9-12-13-14)6-10-11-7(8)17-6/h2-3H2,1H3. The van der Waals surface area contributed by atoms with Gasteiger partial charge in [0.05, 0.1) is 6.61 Å². The van der Waals surface area contributed by atoms with Crippen LogP contribution in [-0.4, -0.2) is 43.0 Å². The molecule has 8 nitrogen and oxygen atoms in total. The molecule has 90 valence electrons. The van der Waals surface area contributed by atoms with Gasteiger partial charge in [0.25, 0.3) is 0 Å². The first-order chi connectivity index (χ1) is 8.20. The van der Waals surface area contributed by atoms with Crippen LogP contribution in [0.15, 0.2) is 3.92 Å². The van der Waals surface area contributed by atoms with E-state index in [0.29, 0.717) is 21.4 Å². The van der Waals surface area contributed by atoms with Gasteiger partial charge >= 0.3 is 5.97 Å². The van der Waals surface area contributed by atoms with Crippen LogP contribution < -0.4 is 0 Å². The van der Waals surface area contributed by atoms with Crippen LogP contribution in [0.25, 0.3) is 10.8 Å². The van der Waals surface area contributed by atoms with E-state index in [-0.39, 0.29) is 6.54 Å². The van der Waals surface area contributed by atoms with Crippen LogP contribution in [0.4, 0.5) is 0 Å². The molecule has 0 aliphatic rings. The van der Waals surface area contributed by atoms with Gasteiger partial charge in [-0.3, -0.25) is 4.79 Å². The summed E-state index contributed by atoms with van der Waals surface area (Å²) in [4.78, 5) is 11.3. The van der Waals surface area contributed by atoms with Crippen molar-refractivity contribution in [1.82, 2.24) is 30.4 Å². The number of esters is 1. The van der Waals surface area contributed by atoms with Crippen LogP contribution >= 0.6 is 27.3 Å². The molecule has 2 aromatic heterocycles. The molecule has 2 aromatic rings. The van der Waals surface area contributed by atoms with Crippen molar-refractivity contribution in [3.63, 3.8) is 0 Å². The molecule has 0 aromatic carbocycles. The number of carbonyl (C=O) groups is 1. The Balaban J connectivity index is 2.20. The van der Waals surface area contributed by atoms with Gasteiger partial charge in [0.2, 0.25) is 5.82 Å². The number of tetrazole rings is 1. The molecule has 0 radical (unpaired) electrons. The molecular weight excluding hydrogens is 312 g/mol. The summed E-state index contributed by atoms with van der Waals surface area (Å²) < 4.78 is 6.76. The maximum atomic E-state index is 11.3. The molecule has 0 aliphatic carbocycles. The van der Waals surface area contributed by atoms with Crippen molar-refractivity contribution >= 4 is 33.2 Å². The van der Waals surface area contributed by atoms with E-state index >= 15 is 0 Å². The Hall–Kier alpha value is -1.42. The summed E-state index contributed by atoms with van der Waals surface area (Å²) in [7, 11) is 0. The van der Waals surface area contributed by atoms with Crippen LogP contribution in [0.1, 0.15) is 6.92 Å². The minimum absolute atomic E-state index is 0.0482. The highest BCUT2D eigenvalue weighted by Gasteiger charge is 2.16. The largest absolute Gasteiger partial charge is 0.465 e. The Morgan fingerprint density at radius 2 is 2.29 bits per heavy atom. The average Bonchev–Trinajstić information content (AvgIpc) is 2.87. The molecule has 0 fully saturated rings. The zero-order chi connectivity index (χ0) is 12.3. The number of rotatable bonds is 4. The van der Waals surface area contributed by atoms with Crippen LogP contribution in [0.2, 0.25) is 0 Å². The second kappa shape index (κ2) is 5.27. The van der Waals surface area contributed by atoms with Crippen molar-refractivity contribution in [3.05, 3.63) is 3.92 Å². The third-order valence-electron chi connectivity index (χ3n) is 1.71. The fourth-order valence-corrected chi connectivity index (χ4v) is 2.19. The third kappa shape index (κ3) is 2.82. The predicted octanol–water partition coefficient (Wildman–Crippen LogP) is 0.517. The minimum Gasteiger partial charge on any atom is -0.465 e. The lowest BCUT2D eigenvalue weighted by Crippen LogP contribution is -2.15. The van der Waals surface area contributed by atoms with Gasteiger partial charge < -0.3 is 4.74 Å². The zero-order valence-corrected chi connectivity index (χ0v) is 11.1. The van der Waals surface area contributed by atoms with Crippen LogP contribution in [0, 0.1) is 0 Å². The number of halogens is 1. The van der Waals surface area contributed by atoms with Crippen molar-refractivity contribution < 1.29 is 9.53 Å². The van der Waals surface area contributed by atoms with E-state index in [1.54, 1.807) is 6.92 Å². The van der Waals surface area contributed by atoms with Gasteiger partial charge in [0.15, 0.2) is 8.92 Å². The van der Waals surface area contributed by atoms with E-state index < -0.39 is 5.97 Å². The van der Waals surface area contributed by atoms with Crippen LogP contribution in [-0.2, 0) is 16.1 Å². The fraction of sp³-hybridized carbons (Fsp3) is 0.429. The molecular formula is C7H7BrN6O2S.